The minimum atomic E-state index is 1.08. The minimum absolute atomic E-state index is 1.08. The van der Waals surface area contributed by atoms with Crippen LogP contribution in [0.15, 0.2) is 261 Å². The van der Waals surface area contributed by atoms with Crippen molar-refractivity contribution in [3.63, 3.8) is 0 Å². The molecule has 13 rings (SSSR count). The number of fused-ring (bicyclic) bond motifs is 4. The van der Waals surface area contributed by atoms with E-state index in [1.165, 1.54) is 132 Å². The summed E-state index contributed by atoms with van der Waals surface area (Å²) in [6, 6.07) is 95.6. The molecule has 0 spiro atoms. The molecule has 0 N–H and O–H groups in total. The lowest BCUT2D eigenvalue weighted by Crippen LogP contribution is -2.12. The summed E-state index contributed by atoms with van der Waals surface area (Å²) >= 11 is 0. The van der Waals surface area contributed by atoms with Gasteiger partial charge in [0.2, 0.25) is 0 Å². The fourth-order valence-corrected chi connectivity index (χ4v) is 12.3. The van der Waals surface area contributed by atoms with Gasteiger partial charge in [0, 0.05) is 34.1 Å². The third kappa shape index (κ3) is 10.3. The first-order valence-corrected chi connectivity index (χ1v) is 28.6. The molecular formula is C79H68N2. The van der Waals surface area contributed by atoms with E-state index >= 15 is 0 Å². The fourth-order valence-electron chi connectivity index (χ4n) is 12.3. The molecule has 0 aromatic heterocycles. The Morgan fingerprint density at radius 1 is 0.272 bits per heavy atom. The van der Waals surface area contributed by atoms with E-state index in [4.69, 9.17) is 0 Å². The molecule has 0 saturated carbocycles. The maximum Gasteiger partial charge on any atom is 0.0491 e. The molecule has 0 fully saturated rings. The van der Waals surface area contributed by atoms with Gasteiger partial charge in [0.25, 0.3) is 0 Å². The van der Waals surface area contributed by atoms with Crippen molar-refractivity contribution in [1.29, 1.82) is 0 Å². The molecule has 2 heteroatoms. The third-order valence-electron chi connectivity index (χ3n) is 16.2. The quantitative estimate of drug-likeness (QED) is 0.119. The smallest absolute Gasteiger partial charge is 0.0491 e. The molecule has 0 radical (unpaired) electrons. The zero-order chi connectivity index (χ0) is 55.6. The first-order valence-electron chi connectivity index (χ1n) is 28.6. The van der Waals surface area contributed by atoms with Crippen molar-refractivity contribution in [2.24, 2.45) is 0 Å². The SMILES string of the molecule is CCCc1cccc(N(c2ccc(C)cc2)c2ccc(-c3c4ccccc4c(-c4ccc(C)cc4)c4ccccc34)cc2)c1.Cc1ccc(N(c2ccccc2)c2ccc(-c3c4ccccc4c(C)c4ccccc34)cc2C)c(C)c1. The molecular weight excluding hydrogens is 977 g/mol. The first-order chi connectivity index (χ1) is 39.6. The predicted octanol–water partition coefficient (Wildman–Crippen LogP) is 22.7. The average Bonchev–Trinajstić information content (AvgIpc) is 3.62. The van der Waals surface area contributed by atoms with Crippen LogP contribution in [0.2, 0.25) is 0 Å². The molecule has 0 aliphatic rings. The van der Waals surface area contributed by atoms with Crippen molar-refractivity contribution in [2.45, 2.75) is 61.3 Å². The van der Waals surface area contributed by atoms with Gasteiger partial charge in [-0.05, 0) is 213 Å². The van der Waals surface area contributed by atoms with E-state index in [9.17, 15) is 0 Å². The molecule has 394 valence electrons. The second-order valence-corrected chi connectivity index (χ2v) is 21.9. The zero-order valence-corrected chi connectivity index (χ0v) is 47.6. The van der Waals surface area contributed by atoms with Crippen LogP contribution in [0, 0.1) is 41.5 Å². The molecule has 13 aromatic carbocycles. The van der Waals surface area contributed by atoms with Gasteiger partial charge in [-0.3, -0.25) is 0 Å². The van der Waals surface area contributed by atoms with E-state index in [1.807, 2.05) is 0 Å². The van der Waals surface area contributed by atoms with Crippen molar-refractivity contribution in [3.8, 4) is 33.4 Å². The van der Waals surface area contributed by atoms with Gasteiger partial charge in [-0.25, -0.2) is 0 Å². The van der Waals surface area contributed by atoms with Gasteiger partial charge >= 0.3 is 0 Å². The molecule has 0 heterocycles. The summed E-state index contributed by atoms with van der Waals surface area (Å²) in [6.45, 7) is 15.4. The van der Waals surface area contributed by atoms with Gasteiger partial charge in [0.15, 0.2) is 0 Å². The predicted molar refractivity (Wildman–Crippen MR) is 351 cm³/mol. The van der Waals surface area contributed by atoms with E-state index in [0.29, 0.717) is 0 Å². The number of nitrogens with zero attached hydrogens (tertiary/aromatic N) is 2. The highest BCUT2D eigenvalue weighted by molar-refractivity contribution is 6.21. The summed E-state index contributed by atoms with van der Waals surface area (Å²) in [6.07, 6.45) is 2.21. The van der Waals surface area contributed by atoms with Crippen LogP contribution in [0.1, 0.15) is 52.3 Å². The van der Waals surface area contributed by atoms with Crippen molar-refractivity contribution >= 4 is 77.2 Å². The number of anilines is 6. The van der Waals surface area contributed by atoms with Crippen molar-refractivity contribution in [2.75, 3.05) is 9.80 Å². The zero-order valence-electron chi connectivity index (χ0n) is 47.6. The number of para-hydroxylation sites is 1. The lowest BCUT2D eigenvalue weighted by Gasteiger charge is -2.29. The Labute approximate surface area is 478 Å². The molecule has 0 aliphatic carbocycles. The number of aryl methyl sites for hydroxylation is 7. The van der Waals surface area contributed by atoms with Crippen LogP contribution in [0.25, 0.3) is 76.5 Å². The standard InChI is InChI=1S/C43H37N.C36H31N/c1-4-10-32-11-9-12-37(29-32)44(35-25-19-31(3)20-26-35)36-27-23-34(24-28-36)43-40-15-7-5-13-38(40)42(33-21-17-30(2)18-22-33)39-14-6-8-16-41(39)43;1-24-18-20-34(25(2)22-24)37(29-12-6-5-7-13-29)35-21-19-28(23-26(35)3)36-32-16-10-8-14-30(32)27(4)31-15-9-11-17-33(31)36/h5-9,11-29H,4,10H2,1-3H3;5-23H,1-4H3. The van der Waals surface area contributed by atoms with Crippen LogP contribution in [-0.2, 0) is 6.42 Å². The Morgan fingerprint density at radius 3 is 1.14 bits per heavy atom. The second-order valence-electron chi connectivity index (χ2n) is 21.9. The van der Waals surface area contributed by atoms with E-state index in [1.54, 1.807) is 0 Å². The first kappa shape index (κ1) is 52.2. The maximum atomic E-state index is 2.39. The van der Waals surface area contributed by atoms with Crippen LogP contribution in [-0.4, -0.2) is 0 Å². The molecule has 81 heavy (non-hydrogen) atoms. The molecule has 0 aliphatic heterocycles. The molecule has 0 atom stereocenters. The van der Waals surface area contributed by atoms with Gasteiger partial charge in [0.1, 0.15) is 0 Å². The monoisotopic (exact) mass is 1040 g/mol. The summed E-state index contributed by atoms with van der Waals surface area (Å²) in [4.78, 5) is 4.76. The number of hydrogen-bond donors (Lipinski definition) is 0. The summed E-state index contributed by atoms with van der Waals surface area (Å²) in [5.41, 5.74) is 23.7. The molecule has 0 amide bonds. The summed E-state index contributed by atoms with van der Waals surface area (Å²) in [7, 11) is 0. The lowest BCUT2D eigenvalue weighted by molar-refractivity contribution is 0.921. The molecule has 13 aromatic rings. The molecule has 2 nitrogen and oxygen atoms in total. The normalized spacial score (nSPS) is 11.2. The molecule has 0 bridgehead atoms. The Balaban J connectivity index is 0.000000163. The van der Waals surface area contributed by atoms with Crippen molar-refractivity contribution in [1.82, 2.24) is 0 Å². The average molecular weight is 1050 g/mol. The highest BCUT2D eigenvalue weighted by Crippen LogP contribution is 2.46. The van der Waals surface area contributed by atoms with Crippen LogP contribution in [0.4, 0.5) is 34.1 Å². The van der Waals surface area contributed by atoms with Gasteiger partial charge in [-0.2, -0.15) is 0 Å². The van der Waals surface area contributed by atoms with E-state index in [2.05, 4.69) is 319 Å². The largest absolute Gasteiger partial charge is 0.310 e. The Kier molecular flexibility index (Phi) is 14.6. The Bertz CT molecular complexity index is 4290. The number of benzene rings is 13. The van der Waals surface area contributed by atoms with Crippen LogP contribution >= 0.6 is 0 Å². The van der Waals surface area contributed by atoms with Crippen LogP contribution in [0.5, 0.6) is 0 Å². The third-order valence-corrected chi connectivity index (χ3v) is 16.2. The maximum absolute atomic E-state index is 2.39. The van der Waals surface area contributed by atoms with Gasteiger partial charge < -0.3 is 9.80 Å². The van der Waals surface area contributed by atoms with Crippen LogP contribution in [0.3, 0.4) is 0 Å². The second kappa shape index (κ2) is 22.7. The van der Waals surface area contributed by atoms with Crippen molar-refractivity contribution < 1.29 is 0 Å². The van der Waals surface area contributed by atoms with Gasteiger partial charge in [-0.15, -0.1) is 0 Å². The summed E-state index contributed by atoms with van der Waals surface area (Å²) in [5, 5.41) is 10.4. The van der Waals surface area contributed by atoms with Gasteiger partial charge in [0.05, 0.1) is 0 Å². The highest BCUT2D eigenvalue weighted by atomic mass is 15.1. The van der Waals surface area contributed by atoms with Gasteiger partial charge in [-0.1, -0.05) is 224 Å². The Hall–Kier alpha value is -9.50. The van der Waals surface area contributed by atoms with E-state index in [0.717, 1.165) is 29.9 Å². The van der Waals surface area contributed by atoms with E-state index in [-0.39, 0.29) is 0 Å². The number of rotatable bonds is 11. The van der Waals surface area contributed by atoms with Crippen LogP contribution < -0.4 is 9.80 Å². The lowest BCUT2D eigenvalue weighted by atomic mass is 9.86. The highest BCUT2D eigenvalue weighted by Gasteiger charge is 2.21. The van der Waals surface area contributed by atoms with E-state index < -0.39 is 0 Å². The Morgan fingerprint density at radius 2 is 0.642 bits per heavy atom. The summed E-state index contributed by atoms with van der Waals surface area (Å²) < 4.78 is 0. The molecule has 0 unspecified atom stereocenters. The summed E-state index contributed by atoms with van der Waals surface area (Å²) in [5.74, 6) is 0. The van der Waals surface area contributed by atoms with Crippen molar-refractivity contribution in [3.05, 3.63) is 300 Å². The molecule has 0 saturated heterocycles. The minimum Gasteiger partial charge on any atom is -0.310 e. The topological polar surface area (TPSA) is 6.48 Å². The number of hydrogen-bond acceptors (Lipinski definition) is 2. The fraction of sp³-hybridized carbons (Fsp3) is 0.114.